The Bertz CT molecular complexity index is 1330. The van der Waals surface area contributed by atoms with Crippen LogP contribution < -0.4 is 9.64 Å². The second-order valence-corrected chi connectivity index (χ2v) is 9.53. The summed E-state index contributed by atoms with van der Waals surface area (Å²) in [6.45, 7) is -0.319. The van der Waals surface area contributed by atoms with Gasteiger partial charge in [-0.25, -0.2) is 4.90 Å². The fourth-order valence-electron chi connectivity index (χ4n) is 6.17. The molecule has 6 rings (SSSR count). The van der Waals surface area contributed by atoms with Crippen molar-refractivity contribution in [3.63, 3.8) is 0 Å². The number of morpholine rings is 1. The Labute approximate surface area is 214 Å². The number of aliphatic hydroxyl groups excluding tert-OH is 1. The number of hydrogen-bond donors (Lipinski definition) is 1. The summed E-state index contributed by atoms with van der Waals surface area (Å²) < 4.78 is 11.2. The van der Waals surface area contributed by atoms with Gasteiger partial charge in [-0.1, -0.05) is 60.7 Å². The quantitative estimate of drug-likeness (QED) is 0.427. The zero-order valence-corrected chi connectivity index (χ0v) is 20.1. The third-order valence-electron chi connectivity index (χ3n) is 7.72. The molecule has 8 nitrogen and oxygen atoms in total. The lowest BCUT2D eigenvalue weighted by Gasteiger charge is -2.45. The first kappa shape index (κ1) is 23.4. The highest BCUT2D eigenvalue weighted by Gasteiger charge is 2.68. The minimum absolute atomic E-state index is 0.319. The van der Waals surface area contributed by atoms with Gasteiger partial charge in [0.2, 0.25) is 11.8 Å². The minimum atomic E-state index is -1.00. The summed E-state index contributed by atoms with van der Waals surface area (Å²) >= 11 is 0. The third kappa shape index (κ3) is 3.55. The van der Waals surface area contributed by atoms with Crippen LogP contribution in [0.2, 0.25) is 0 Å². The van der Waals surface area contributed by atoms with Crippen LogP contribution in [-0.2, 0) is 19.1 Å². The first-order valence-corrected chi connectivity index (χ1v) is 12.3. The van der Waals surface area contributed by atoms with E-state index in [4.69, 9.17) is 9.47 Å². The zero-order valence-electron chi connectivity index (χ0n) is 20.1. The van der Waals surface area contributed by atoms with Crippen molar-refractivity contribution >= 4 is 23.5 Å². The number of aliphatic hydroxyl groups is 1. The molecule has 0 aromatic heterocycles. The highest BCUT2D eigenvalue weighted by molar-refractivity contribution is 6.23. The van der Waals surface area contributed by atoms with E-state index in [0.29, 0.717) is 11.4 Å². The van der Waals surface area contributed by atoms with E-state index in [1.54, 1.807) is 43.5 Å². The number of ether oxygens (including phenoxy) is 2. The number of para-hydroxylation sites is 1. The van der Waals surface area contributed by atoms with E-state index < -0.39 is 47.9 Å². The number of imide groups is 1. The number of hydrogen-bond acceptors (Lipinski definition) is 7. The lowest BCUT2D eigenvalue weighted by molar-refractivity contribution is -0.180. The van der Waals surface area contributed by atoms with Gasteiger partial charge in [-0.05, 0) is 35.4 Å². The normalized spacial score (nSPS) is 29.1. The molecule has 8 heteroatoms. The number of benzene rings is 3. The average Bonchev–Trinajstić information content (AvgIpc) is 3.42. The summed E-state index contributed by atoms with van der Waals surface area (Å²) in [6.07, 6.45) is -0.745. The Balaban J connectivity index is 1.49. The van der Waals surface area contributed by atoms with Gasteiger partial charge in [0.25, 0.3) is 0 Å². The van der Waals surface area contributed by atoms with E-state index in [1.165, 1.54) is 4.90 Å². The molecule has 37 heavy (non-hydrogen) atoms. The lowest BCUT2D eigenvalue weighted by Crippen LogP contribution is -2.58. The van der Waals surface area contributed by atoms with Crippen LogP contribution in [0.15, 0.2) is 84.9 Å². The Hall–Kier alpha value is -4.01. The van der Waals surface area contributed by atoms with Crippen molar-refractivity contribution in [2.45, 2.75) is 24.2 Å². The van der Waals surface area contributed by atoms with E-state index in [9.17, 15) is 19.5 Å². The monoisotopic (exact) mass is 498 g/mol. The minimum Gasteiger partial charge on any atom is -0.497 e. The molecule has 3 aliphatic rings. The molecule has 188 valence electrons. The average molecular weight is 499 g/mol. The number of methoxy groups -OCH3 is 1. The highest BCUT2D eigenvalue weighted by atomic mass is 16.6. The van der Waals surface area contributed by atoms with Crippen molar-refractivity contribution in [3.05, 3.63) is 96.1 Å². The topological polar surface area (TPSA) is 96.4 Å². The number of rotatable bonds is 5. The van der Waals surface area contributed by atoms with Crippen LogP contribution in [0.25, 0.3) is 0 Å². The second-order valence-electron chi connectivity index (χ2n) is 9.53. The molecule has 0 aliphatic carbocycles. The maximum Gasteiger partial charge on any atom is 0.324 e. The van der Waals surface area contributed by atoms with Crippen LogP contribution in [0, 0.1) is 11.8 Å². The zero-order chi connectivity index (χ0) is 25.7. The SMILES string of the molecule is COc1ccc([C@@H]2[C@@H]3C(=O)N(c4ccccc4)C(=O)[C@@H]3[C@H]3C(=O)O[C@@H](c4ccccc4)[C@H](CO)N32)cc1. The smallest absolute Gasteiger partial charge is 0.324 e. The third-order valence-corrected chi connectivity index (χ3v) is 7.72. The molecule has 0 unspecified atom stereocenters. The van der Waals surface area contributed by atoms with Crippen molar-refractivity contribution in [2.24, 2.45) is 11.8 Å². The molecule has 0 saturated carbocycles. The standard InChI is InChI=1S/C29H26N2O6/c1-36-20-14-12-17(13-15-20)24-22-23(28(34)30(27(22)33)19-10-6-3-7-11-19)25-29(35)37-26(21(16-32)31(24)25)18-8-4-2-5-9-18/h2-15,21-26,32H,16H2,1H3/t21-,22+,23-,24+,25-,26-/m0/s1. The number of carbonyl (C=O) groups is 3. The molecule has 3 heterocycles. The summed E-state index contributed by atoms with van der Waals surface area (Å²) in [4.78, 5) is 44.4. The highest BCUT2D eigenvalue weighted by Crippen LogP contribution is 2.55. The first-order valence-electron chi connectivity index (χ1n) is 12.3. The fraction of sp³-hybridized carbons (Fsp3) is 0.276. The number of amides is 2. The van der Waals surface area contributed by atoms with E-state index in [2.05, 4.69) is 0 Å². The van der Waals surface area contributed by atoms with Gasteiger partial charge in [0, 0.05) is 6.04 Å². The first-order chi connectivity index (χ1) is 18.0. The number of anilines is 1. The van der Waals surface area contributed by atoms with Crippen LogP contribution >= 0.6 is 0 Å². The largest absolute Gasteiger partial charge is 0.497 e. The number of esters is 1. The molecule has 2 amide bonds. The van der Waals surface area contributed by atoms with Crippen LogP contribution in [0.5, 0.6) is 5.75 Å². The molecule has 6 atom stereocenters. The van der Waals surface area contributed by atoms with E-state index in [-0.39, 0.29) is 12.5 Å². The molecule has 3 aliphatic heterocycles. The van der Waals surface area contributed by atoms with Crippen molar-refractivity contribution in [1.29, 1.82) is 0 Å². The van der Waals surface area contributed by atoms with Crippen LogP contribution in [-0.4, -0.2) is 53.6 Å². The van der Waals surface area contributed by atoms with Crippen LogP contribution in [0.4, 0.5) is 5.69 Å². The number of carbonyl (C=O) groups excluding carboxylic acids is 3. The molecular formula is C29H26N2O6. The maximum absolute atomic E-state index is 13.9. The molecule has 3 aromatic rings. The van der Waals surface area contributed by atoms with Gasteiger partial charge in [0.05, 0.1) is 37.3 Å². The van der Waals surface area contributed by atoms with Gasteiger partial charge in [-0.3, -0.25) is 19.3 Å². The van der Waals surface area contributed by atoms with E-state index in [1.807, 2.05) is 53.4 Å². The second kappa shape index (κ2) is 9.14. The maximum atomic E-state index is 13.9. The van der Waals surface area contributed by atoms with Gasteiger partial charge in [0.15, 0.2) is 0 Å². The molecule has 3 aromatic carbocycles. The summed E-state index contributed by atoms with van der Waals surface area (Å²) in [7, 11) is 1.57. The van der Waals surface area contributed by atoms with Crippen molar-refractivity contribution < 1.29 is 29.0 Å². The predicted molar refractivity (Wildman–Crippen MR) is 133 cm³/mol. The summed E-state index contributed by atoms with van der Waals surface area (Å²) in [5.41, 5.74) is 1.97. The molecule has 0 spiro atoms. The Morgan fingerprint density at radius 1 is 0.784 bits per heavy atom. The summed E-state index contributed by atoms with van der Waals surface area (Å²) in [6, 6.07) is 23.0. The lowest BCUT2D eigenvalue weighted by atomic mass is 9.86. The molecule has 0 bridgehead atoms. The fourth-order valence-corrected chi connectivity index (χ4v) is 6.17. The van der Waals surface area contributed by atoms with Gasteiger partial charge in [-0.15, -0.1) is 0 Å². The van der Waals surface area contributed by atoms with Gasteiger partial charge >= 0.3 is 5.97 Å². The summed E-state index contributed by atoms with van der Waals surface area (Å²) in [5, 5.41) is 10.6. The number of nitrogens with zero attached hydrogens (tertiary/aromatic N) is 2. The van der Waals surface area contributed by atoms with Crippen molar-refractivity contribution in [3.8, 4) is 5.75 Å². The number of cyclic esters (lactones) is 1. The van der Waals surface area contributed by atoms with Crippen LogP contribution in [0.3, 0.4) is 0 Å². The van der Waals surface area contributed by atoms with E-state index in [0.717, 1.165) is 11.1 Å². The molecule has 3 fully saturated rings. The van der Waals surface area contributed by atoms with Crippen LogP contribution in [0.1, 0.15) is 23.3 Å². The molecule has 0 radical (unpaired) electrons. The van der Waals surface area contributed by atoms with E-state index >= 15 is 0 Å². The Morgan fingerprint density at radius 3 is 1.97 bits per heavy atom. The van der Waals surface area contributed by atoms with Gasteiger partial charge in [-0.2, -0.15) is 0 Å². The Morgan fingerprint density at radius 2 is 1.38 bits per heavy atom. The van der Waals surface area contributed by atoms with Crippen molar-refractivity contribution in [1.82, 2.24) is 4.90 Å². The Kier molecular flexibility index (Phi) is 5.78. The molecular weight excluding hydrogens is 472 g/mol. The van der Waals surface area contributed by atoms with Gasteiger partial charge in [0.1, 0.15) is 17.9 Å². The number of fused-ring (bicyclic) bond motifs is 3. The predicted octanol–water partition coefficient (Wildman–Crippen LogP) is 2.89. The molecule has 1 N–H and O–H groups in total. The van der Waals surface area contributed by atoms with Crippen molar-refractivity contribution in [2.75, 3.05) is 18.6 Å². The summed E-state index contributed by atoms with van der Waals surface area (Å²) in [5.74, 6) is -2.47. The van der Waals surface area contributed by atoms with Gasteiger partial charge < -0.3 is 14.6 Å². The molecule has 3 saturated heterocycles.